The number of nitrogens with zero attached hydrogens (tertiary/aromatic N) is 3. The molecule has 7 heteroatoms. The van der Waals surface area contributed by atoms with Crippen molar-refractivity contribution in [3.05, 3.63) is 59.9 Å². The van der Waals surface area contributed by atoms with Gasteiger partial charge in [-0.3, -0.25) is 9.78 Å². The van der Waals surface area contributed by atoms with Gasteiger partial charge in [0, 0.05) is 56.8 Å². The molecule has 1 atom stereocenters. The van der Waals surface area contributed by atoms with Crippen LogP contribution in [0.15, 0.2) is 48.8 Å². The molecular formula is C25H32N4O3. The van der Waals surface area contributed by atoms with Crippen molar-refractivity contribution < 1.29 is 14.3 Å². The molecule has 2 fully saturated rings. The molecule has 0 radical (unpaired) electrons. The van der Waals surface area contributed by atoms with Crippen molar-refractivity contribution in [2.24, 2.45) is 5.92 Å². The first kappa shape index (κ1) is 22.3. The SMILES string of the molecule is Cc1cccc(NC(=O)N2CCC(C(=O)N(Cc3ccncc3)CC3CCCO3)CC2)c1. The maximum absolute atomic E-state index is 13.4. The third kappa shape index (κ3) is 5.85. The van der Waals surface area contributed by atoms with Gasteiger partial charge in [0.1, 0.15) is 0 Å². The molecule has 1 unspecified atom stereocenters. The van der Waals surface area contributed by atoms with E-state index in [9.17, 15) is 9.59 Å². The van der Waals surface area contributed by atoms with Gasteiger partial charge in [0.05, 0.1) is 6.10 Å². The minimum Gasteiger partial charge on any atom is -0.376 e. The fraction of sp³-hybridized carbons (Fsp3) is 0.480. The third-order valence-corrected chi connectivity index (χ3v) is 6.28. The number of ether oxygens (including phenoxy) is 1. The van der Waals surface area contributed by atoms with E-state index in [1.807, 2.05) is 48.2 Å². The predicted octanol–water partition coefficient (Wildman–Crippen LogP) is 3.84. The van der Waals surface area contributed by atoms with E-state index in [1.54, 1.807) is 17.3 Å². The van der Waals surface area contributed by atoms with Crippen molar-refractivity contribution in [3.8, 4) is 0 Å². The Hall–Kier alpha value is -2.93. The Morgan fingerprint density at radius 1 is 1.16 bits per heavy atom. The zero-order valence-corrected chi connectivity index (χ0v) is 18.7. The smallest absolute Gasteiger partial charge is 0.321 e. The van der Waals surface area contributed by atoms with Gasteiger partial charge in [-0.2, -0.15) is 0 Å². The largest absolute Gasteiger partial charge is 0.376 e. The Morgan fingerprint density at radius 3 is 2.62 bits per heavy atom. The maximum Gasteiger partial charge on any atom is 0.321 e. The van der Waals surface area contributed by atoms with E-state index < -0.39 is 0 Å². The molecule has 2 aliphatic heterocycles. The van der Waals surface area contributed by atoms with Crippen molar-refractivity contribution >= 4 is 17.6 Å². The van der Waals surface area contributed by atoms with Gasteiger partial charge >= 0.3 is 6.03 Å². The van der Waals surface area contributed by atoms with Crippen LogP contribution < -0.4 is 5.32 Å². The monoisotopic (exact) mass is 436 g/mol. The molecule has 2 aromatic rings. The molecule has 2 aliphatic rings. The number of likely N-dealkylation sites (tertiary alicyclic amines) is 1. The van der Waals surface area contributed by atoms with E-state index in [0.29, 0.717) is 39.0 Å². The number of pyridine rings is 1. The van der Waals surface area contributed by atoms with Crippen LogP contribution >= 0.6 is 0 Å². The minimum absolute atomic E-state index is 0.0683. The molecule has 170 valence electrons. The second-order valence-corrected chi connectivity index (χ2v) is 8.77. The van der Waals surface area contributed by atoms with Gasteiger partial charge in [-0.1, -0.05) is 12.1 Å². The summed E-state index contributed by atoms with van der Waals surface area (Å²) >= 11 is 0. The number of carbonyl (C=O) groups excluding carboxylic acids is 2. The number of hydrogen-bond donors (Lipinski definition) is 1. The fourth-order valence-corrected chi connectivity index (χ4v) is 4.49. The molecule has 4 rings (SSSR count). The van der Waals surface area contributed by atoms with Crippen molar-refractivity contribution in [3.63, 3.8) is 0 Å². The van der Waals surface area contributed by atoms with E-state index >= 15 is 0 Å². The van der Waals surface area contributed by atoms with Gasteiger partial charge < -0.3 is 19.9 Å². The van der Waals surface area contributed by atoms with Crippen LogP contribution in [0.4, 0.5) is 10.5 Å². The van der Waals surface area contributed by atoms with Gasteiger partial charge in [0.25, 0.3) is 0 Å². The minimum atomic E-state index is -0.102. The van der Waals surface area contributed by atoms with Crippen LogP contribution in [-0.2, 0) is 16.1 Å². The lowest BCUT2D eigenvalue weighted by atomic mass is 9.95. The van der Waals surface area contributed by atoms with E-state index in [0.717, 1.165) is 36.3 Å². The van der Waals surface area contributed by atoms with Crippen LogP contribution in [0, 0.1) is 12.8 Å². The molecule has 3 heterocycles. The Balaban J connectivity index is 1.34. The number of nitrogens with one attached hydrogen (secondary N) is 1. The highest BCUT2D eigenvalue weighted by molar-refractivity contribution is 5.89. The van der Waals surface area contributed by atoms with E-state index in [4.69, 9.17) is 4.74 Å². The number of carbonyl (C=O) groups is 2. The molecule has 0 aliphatic carbocycles. The number of piperidine rings is 1. The topological polar surface area (TPSA) is 74.8 Å². The Kier molecular flexibility index (Phi) is 7.37. The zero-order chi connectivity index (χ0) is 22.3. The van der Waals surface area contributed by atoms with Crippen molar-refractivity contribution in [1.82, 2.24) is 14.8 Å². The number of urea groups is 1. The molecule has 1 aromatic carbocycles. The van der Waals surface area contributed by atoms with Gasteiger partial charge in [0.15, 0.2) is 0 Å². The summed E-state index contributed by atoms with van der Waals surface area (Å²) in [7, 11) is 0. The molecule has 7 nitrogen and oxygen atoms in total. The van der Waals surface area contributed by atoms with Crippen LogP contribution in [0.1, 0.15) is 36.8 Å². The van der Waals surface area contributed by atoms with Crippen molar-refractivity contribution in [2.75, 3.05) is 31.6 Å². The van der Waals surface area contributed by atoms with E-state index in [-0.39, 0.29) is 24.0 Å². The zero-order valence-electron chi connectivity index (χ0n) is 18.7. The summed E-state index contributed by atoms with van der Waals surface area (Å²) in [6.07, 6.45) is 7.04. The van der Waals surface area contributed by atoms with Crippen LogP contribution in [0.2, 0.25) is 0 Å². The van der Waals surface area contributed by atoms with Gasteiger partial charge in [-0.05, 0) is 68.0 Å². The van der Waals surface area contributed by atoms with E-state index in [1.165, 1.54) is 0 Å². The normalized spacial score (nSPS) is 19.0. The Labute approximate surface area is 189 Å². The summed E-state index contributed by atoms with van der Waals surface area (Å²) in [4.78, 5) is 33.9. The van der Waals surface area contributed by atoms with Gasteiger partial charge in [-0.15, -0.1) is 0 Å². The molecule has 32 heavy (non-hydrogen) atoms. The predicted molar refractivity (Wildman–Crippen MR) is 123 cm³/mol. The third-order valence-electron chi connectivity index (χ3n) is 6.28. The highest BCUT2D eigenvalue weighted by Crippen LogP contribution is 2.23. The highest BCUT2D eigenvalue weighted by atomic mass is 16.5. The summed E-state index contributed by atoms with van der Waals surface area (Å²) in [6, 6.07) is 11.6. The van der Waals surface area contributed by atoms with Crippen LogP contribution in [0.3, 0.4) is 0 Å². The first-order valence-corrected chi connectivity index (χ1v) is 11.5. The average Bonchev–Trinajstić information content (AvgIpc) is 3.32. The molecule has 2 saturated heterocycles. The molecule has 3 amide bonds. The van der Waals surface area contributed by atoms with Gasteiger partial charge in [0.2, 0.25) is 5.91 Å². The van der Waals surface area contributed by atoms with Gasteiger partial charge in [-0.25, -0.2) is 4.79 Å². The van der Waals surface area contributed by atoms with Crippen molar-refractivity contribution in [2.45, 2.75) is 45.3 Å². The molecular weight excluding hydrogens is 404 g/mol. The number of aromatic nitrogens is 1. The summed E-state index contributed by atoms with van der Waals surface area (Å²) in [6.45, 7) is 5.12. The summed E-state index contributed by atoms with van der Waals surface area (Å²) in [5, 5.41) is 2.97. The molecule has 0 spiro atoms. The molecule has 1 N–H and O–H groups in total. The number of rotatable bonds is 6. The summed E-state index contributed by atoms with van der Waals surface area (Å²) in [5.74, 6) is 0.0947. The average molecular weight is 437 g/mol. The van der Waals surface area contributed by atoms with Crippen LogP contribution in [0.5, 0.6) is 0 Å². The molecule has 0 saturated carbocycles. The lowest BCUT2D eigenvalue weighted by molar-refractivity contribution is -0.139. The quantitative estimate of drug-likeness (QED) is 0.747. The number of amides is 3. The summed E-state index contributed by atoms with van der Waals surface area (Å²) < 4.78 is 5.80. The van der Waals surface area contributed by atoms with Crippen LogP contribution in [-0.4, -0.2) is 59.1 Å². The number of aryl methyl sites for hydroxylation is 1. The Morgan fingerprint density at radius 2 is 1.94 bits per heavy atom. The lowest BCUT2D eigenvalue weighted by Gasteiger charge is -2.35. The lowest BCUT2D eigenvalue weighted by Crippen LogP contribution is -2.46. The van der Waals surface area contributed by atoms with Crippen LogP contribution in [0.25, 0.3) is 0 Å². The fourth-order valence-electron chi connectivity index (χ4n) is 4.49. The first-order chi connectivity index (χ1) is 15.6. The second-order valence-electron chi connectivity index (χ2n) is 8.77. The number of hydrogen-bond acceptors (Lipinski definition) is 4. The molecule has 1 aromatic heterocycles. The van der Waals surface area contributed by atoms with E-state index in [2.05, 4.69) is 10.3 Å². The maximum atomic E-state index is 13.4. The second kappa shape index (κ2) is 10.6. The number of anilines is 1. The first-order valence-electron chi connectivity index (χ1n) is 11.5. The Bertz CT molecular complexity index is 906. The summed E-state index contributed by atoms with van der Waals surface area (Å²) in [5.41, 5.74) is 2.97. The highest BCUT2D eigenvalue weighted by Gasteiger charge is 2.32. The molecule has 0 bridgehead atoms. The number of benzene rings is 1. The standard InChI is InChI=1S/C25H32N4O3/c1-19-4-2-5-22(16-19)27-25(31)28-13-9-21(10-14-28)24(30)29(18-23-6-3-15-32-23)17-20-7-11-26-12-8-20/h2,4-5,7-8,11-12,16,21,23H,3,6,9-10,13-15,17-18H2,1H3,(H,27,31). The van der Waals surface area contributed by atoms with Crippen molar-refractivity contribution in [1.29, 1.82) is 0 Å².